The van der Waals surface area contributed by atoms with Crippen LogP contribution in [0.3, 0.4) is 0 Å². The molecule has 0 amide bonds. The molecule has 2 heterocycles. The minimum absolute atomic E-state index is 0.331. The van der Waals surface area contributed by atoms with Crippen LogP contribution in [0.15, 0.2) is 52.3 Å². The van der Waals surface area contributed by atoms with E-state index >= 15 is 0 Å². The SMILES string of the molecule is CCC(NCc1nnc(-c2ccccc2)o1)c1cccs1. The number of hydrogen-bond acceptors (Lipinski definition) is 5. The molecule has 0 fully saturated rings. The predicted molar refractivity (Wildman–Crippen MR) is 83.9 cm³/mol. The van der Waals surface area contributed by atoms with Crippen LogP contribution in [-0.4, -0.2) is 10.2 Å². The third-order valence-corrected chi connectivity index (χ3v) is 4.27. The van der Waals surface area contributed by atoms with Gasteiger partial charge in [0.1, 0.15) is 0 Å². The fourth-order valence-electron chi connectivity index (χ4n) is 2.17. The van der Waals surface area contributed by atoms with Gasteiger partial charge in [-0.05, 0) is 30.0 Å². The Kier molecular flexibility index (Phi) is 4.43. The van der Waals surface area contributed by atoms with Crippen LogP contribution in [-0.2, 0) is 6.54 Å². The normalized spacial score (nSPS) is 12.4. The largest absolute Gasteiger partial charge is 0.419 e. The number of benzene rings is 1. The number of rotatable bonds is 6. The van der Waals surface area contributed by atoms with Gasteiger partial charge in [0.15, 0.2) is 0 Å². The molecule has 0 aliphatic carbocycles. The summed E-state index contributed by atoms with van der Waals surface area (Å²) in [5.41, 5.74) is 0.946. The quantitative estimate of drug-likeness (QED) is 0.746. The Morgan fingerprint density at radius 2 is 2.00 bits per heavy atom. The van der Waals surface area contributed by atoms with Crippen LogP contribution in [0.1, 0.15) is 30.2 Å². The summed E-state index contributed by atoms with van der Waals surface area (Å²) in [7, 11) is 0. The summed E-state index contributed by atoms with van der Waals surface area (Å²) in [4.78, 5) is 1.33. The second kappa shape index (κ2) is 6.65. The van der Waals surface area contributed by atoms with E-state index in [9.17, 15) is 0 Å². The first-order chi connectivity index (χ1) is 10.4. The second-order valence-electron chi connectivity index (χ2n) is 4.72. The van der Waals surface area contributed by atoms with Crippen LogP contribution in [0.25, 0.3) is 11.5 Å². The van der Waals surface area contributed by atoms with Gasteiger partial charge in [0.05, 0.1) is 6.54 Å². The zero-order valence-corrected chi connectivity index (χ0v) is 12.6. The van der Waals surface area contributed by atoms with Crippen LogP contribution < -0.4 is 5.32 Å². The summed E-state index contributed by atoms with van der Waals surface area (Å²) in [6.07, 6.45) is 1.03. The summed E-state index contributed by atoms with van der Waals surface area (Å²) in [5.74, 6) is 1.18. The zero-order valence-electron chi connectivity index (χ0n) is 11.8. The lowest BCUT2D eigenvalue weighted by atomic mass is 10.2. The molecule has 1 atom stereocenters. The van der Waals surface area contributed by atoms with E-state index < -0.39 is 0 Å². The maximum Gasteiger partial charge on any atom is 0.247 e. The van der Waals surface area contributed by atoms with E-state index in [1.807, 2.05) is 30.3 Å². The lowest BCUT2D eigenvalue weighted by Crippen LogP contribution is -2.19. The lowest BCUT2D eigenvalue weighted by molar-refractivity contribution is 0.440. The maximum atomic E-state index is 5.70. The Balaban J connectivity index is 1.65. The third kappa shape index (κ3) is 3.37. The molecule has 108 valence electrons. The fourth-order valence-corrected chi connectivity index (χ4v) is 3.05. The molecular weight excluding hydrogens is 282 g/mol. The fraction of sp³-hybridized carbons (Fsp3) is 0.250. The summed E-state index contributed by atoms with van der Waals surface area (Å²) >= 11 is 1.76. The van der Waals surface area contributed by atoms with Crippen LogP contribution >= 0.6 is 11.3 Å². The van der Waals surface area contributed by atoms with Gasteiger partial charge in [-0.15, -0.1) is 21.5 Å². The summed E-state index contributed by atoms with van der Waals surface area (Å²) in [6.45, 7) is 2.75. The molecule has 0 bridgehead atoms. The molecule has 2 aromatic heterocycles. The highest BCUT2D eigenvalue weighted by Crippen LogP contribution is 2.22. The van der Waals surface area contributed by atoms with Gasteiger partial charge in [0, 0.05) is 16.5 Å². The Hall–Kier alpha value is -1.98. The zero-order chi connectivity index (χ0) is 14.5. The molecule has 21 heavy (non-hydrogen) atoms. The molecule has 3 aromatic rings. The molecular formula is C16H17N3OS. The number of nitrogens with one attached hydrogen (secondary N) is 1. The molecule has 0 saturated carbocycles. The van der Waals surface area contributed by atoms with E-state index in [4.69, 9.17) is 4.42 Å². The van der Waals surface area contributed by atoms with Crippen molar-refractivity contribution in [3.8, 4) is 11.5 Å². The molecule has 1 aromatic carbocycles. The highest BCUT2D eigenvalue weighted by Gasteiger charge is 2.12. The van der Waals surface area contributed by atoms with Gasteiger partial charge < -0.3 is 9.73 Å². The maximum absolute atomic E-state index is 5.70. The van der Waals surface area contributed by atoms with Crippen molar-refractivity contribution in [1.29, 1.82) is 0 Å². The van der Waals surface area contributed by atoms with Crippen molar-refractivity contribution in [3.63, 3.8) is 0 Å². The number of nitrogens with zero attached hydrogens (tertiary/aromatic N) is 2. The van der Waals surface area contributed by atoms with Gasteiger partial charge in [-0.25, -0.2) is 0 Å². The summed E-state index contributed by atoms with van der Waals surface area (Å²) in [6, 6.07) is 14.4. The van der Waals surface area contributed by atoms with Gasteiger partial charge in [-0.2, -0.15) is 0 Å². The smallest absolute Gasteiger partial charge is 0.247 e. The van der Waals surface area contributed by atoms with E-state index in [0.717, 1.165) is 12.0 Å². The van der Waals surface area contributed by atoms with Crippen molar-refractivity contribution in [2.24, 2.45) is 0 Å². The van der Waals surface area contributed by atoms with Crippen molar-refractivity contribution >= 4 is 11.3 Å². The van der Waals surface area contributed by atoms with Crippen molar-refractivity contribution in [2.75, 3.05) is 0 Å². The molecule has 0 spiro atoms. The average molecular weight is 299 g/mol. The molecule has 0 aliphatic rings. The first-order valence-electron chi connectivity index (χ1n) is 7.01. The molecule has 0 aliphatic heterocycles. The Bertz CT molecular complexity index is 664. The number of aromatic nitrogens is 2. The summed E-state index contributed by atoms with van der Waals surface area (Å²) in [5, 5.41) is 13.8. The molecule has 1 N–H and O–H groups in total. The van der Waals surface area contributed by atoms with Crippen LogP contribution in [0.4, 0.5) is 0 Å². The van der Waals surface area contributed by atoms with Crippen LogP contribution in [0.5, 0.6) is 0 Å². The molecule has 0 saturated heterocycles. The minimum Gasteiger partial charge on any atom is -0.419 e. The lowest BCUT2D eigenvalue weighted by Gasteiger charge is -2.13. The molecule has 5 heteroatoms. The van der Waals surface area contributed by atoms with E-state index in [2.05, 4.69) is 40.0 Å². The van der Waals surface area contributed by atoms with Gasteiger partial charge in [-0.3, -0.25) is 0 Å². The Morgan fingerprint density at radius 1 is 1.14 bits per heavy atom. The molecule has 1 unspecified atom stereocenters. The van der Waals surface area contributed by atoms with E-state index in [-0.39, 0.29) is 0 Å². The highest BCUT2D eigenvalue weighted by molar-refractivity contribution is 7.10. The van der Waals surface area contributed by atoms with Gasteiger partial charge >= 0.3 is 0 Å². The molecule has 0 radical (unpaired) electrons. The van der Waals surface area contributed by atoms with E-state index in [0.29, 0.717) is 24.4 Å². The van der Waals surface area contributed by atoms with Crippen molar-refractivity contribution < 1.29 is 4.42 Å². The molecule has 3 rings (SSSR count). The number of thiophene rings is 1. The first-order valence-corrected chi connectivity index (χ1v) is 7.89. The van der Waals surface area contributed by atoms with Crippen molar-refractivity contribution in [3.05, 3.63) is 58.6 Å². The Labute approximate surface area is 127 Å². The standard InChI is InChI=1S/C16H17N3OS/c1-2-13(14-9-6-10-21-14)17-11-15-18-19-16(20-15)12-7-4-3-5-8-12/h3-10,13,17H,2,11H2,1H3. The summed E-state index contributed by atoms with van der Waals surface area (Å²) < 4.78 is 5.70. The second-order valence-corrected chi connectivity index (χ2v) is 5.70. The number of hydrogen-bond donors (Lipinski definition) is 1. The van der Waals surface area contributed by atoms with Crippen LogP contribution in [0, 0.1) is 0 Å². The van der Waals surface area contributed by atoms with Crippen LogP contribution in [0.2, 0.25) is 0 Å². The minimum atomic E-state index is 0.331. The van der Waals surface area contributed by atoms with Crippen molar-refractivity contribution in [2.45, 2.75) is 25.9 Å². The van der Waals surface area contributed by atoms with Crippen molar-refractivity contribution in [1.82, 2.24) is 15.5 Å². The third-order valence-electron chi connectivity index (χ3n) is 3.28. The first kappa shape index (κ1) is 14.0. The average Bonchev–Trinajstić information content (AvgIpc) is 3.20. The van der Waals surface area contributed by atoms with E-state index in [1.54, 1.807) is 11.3 Å². The molecule has 4 nitrogen and oxygen atoms in total. The monoisotopic (exact) mass is 299 g/mol. The predicted octanol–water partition coefficient (Wildman–Crippen LogP) is 4.04. The van der Waals surface area contributed by atoms with Gasteiger partial charge in [-0.1, -0.05) is 31.2 Å². The highest BCUT2D eigenvalue weighted by atomic mass is 32.1. The Morgan fingerprint density at radius 3 is 2.71 bits per heavy atom. The topological polar surface area (TPSA) is 51.0 Å². The van der Waals surface area contributed by atoms with E-state index in [1.165, 1.54) is 4.88 Å². The van der Waals surface area contributed by atoms with Gasteiger partial charge in [0.2, 0.25) is 11.8 Å². The van der Waals surface area contributed by atoms with Gasteiger partial charge in [0.25, 0.3) is 0 Å².